The van der Waals surface area contributed by atoms with Crippen molar-refractivity contribution in [2.75, 3.05) is 24.5 Å². The minimum absolute atomic E-state index is 0.0355. The highest BCUT2D eigenvalue weighted by Gasteiger charge is 2.52. The Morgan fingerprint density at radius 2 is 1.77 bits per heavy atom. The van der Waals surface area contributed by atoms with Crippen LogP contribution in [0.25, 0.3) is 0 Å². The average molecular weight is 420 g/mol. The van der Waals surface area contributed by atoms with Crippen LogP contribution in [-0.2, 0) is 14.0 Å². The lowest BCUT2D eigenvalue weighted by Gasteiger charge is -2.41. The molecule has 166 valence electrons. The number of carbonyl (C=O) groups is 1. The van der Waals surface area contributed by atoms with Crippen LogP contribution in [0.2, 0.25) is 0 Å². The van der Waals surface area contributed by atoms with Crippen LogP contribution < -0.4 is 10.4 Å². The molecule has 6 nitrogen and oxygen atoms in total. The number of piperazine rings is 1. The first-order valence-electron chi connectivity index (χ1n) is 10.6. The number of hydrogen-bond acceptors (Lipinski definition) is 5. The van der Waals surface area contributed by atoms with Crippen LogP contribution in [0.15, 0.2) is 18.2 Å². The Labute approximate surface area is 179 Å². The van der Waals surface area contributed by atoms with Gasteiger partial charge in [-0.1, -0.05) is 6.07 Å². The lowest BCUT2D eigenvalue weighted by molar-refractivity contribution is 0.00578. The molecule has 0 radical (unpaired) electrons. The molecule has 0 unspecified atom stereocenters. The topological polar surface area (TPSA) is 51.2 Å². The van der Waals surface area contributed by atoms with Crippen molar-refractivity contribution in [3.05, 3.63) is 24.0 Å². The molecule has 3 rings (SSSR count). The highest BCUT2D eigenvalue weighted by molar-refractivity contribution is 6.62. The molecule has 1 atom stereocenters. The molecule has 2 aliphatic rings. The van der Waals surface area contributed by atoms with E-state index in [1.54, 1.807) is 11.0 Å². The van der Waals surface area contributed by atoms with Gasteiger partial charge < -0.3 is 23.8 Å². The van der Waals surface area contributed by atoms with Crippen LogP contribution in [0.1, 0.15) is 55.4 Å². The number of nitrogens with zero attached hydrogens (tertiary/aromatic N) is 2. The van der Waals surface area contributed by atoms with Gasteiger partial charge in [-0.25, -0.2) is 9.18 Å². The molecule has 2 heterocycles. The molecule has 0 aliphatic carbocycles. The second-order valence-corrected chi connectivity index (χ2v) is 10.3. The Hall–Kier alpha value is -1.80. The fourth-order valence-corrected chi connectivity index (χ4v) is 3.69. The van der Waals surface area contributed by atoms with Crippen molar-refractivity contribution in [1.82, 2.24) is 4.90 Å². The molecular weight excluding hydrogens is 386 g/mol. The van der Waals surface area contributed by atoms with Crippen molar-refractivity contribution in [1.29, 1.82) is 0 Å². The Morgan fingerprint density at radius 1 is 1.17 bits per heavy atom. The second kappa shape index (κ2) is 7.72. The third-order valence-electron chi connectivity index (χ3n) is 6.10. The molecule has 2 fully saturated rings. The summed E-state index contributed by atoms with van der Waals surface area (Å²) in [5.74, 6) is -0.354. The van der Waals surface area contributed by atoms with Crippen LogP contribution in [-0.4, -0.2) is 60.6 Å². The summed E-state index contributed by atoms with van der Waals surface area (Å²) in [6, 6.07) is 5.19. The van der Waals surface area contributed by atoms with Gasteiger partial charge in [-0.3, -0.25) is 0 Å². The smallest absolute Gasteiger partial charge is 0.444 e. The number of hydrogen-bond donors (Lipinski definition) is 0. The van der Waals surface area contributed by atoms with Crippen LogP contribution in [0, 0.1) is 5.82 Å². The highest BCUT2D eigenvalue weighted by atomic mass is 19.1. The normalized spacial score (nSPS) is 23.6. The van der Waals surface area contributed by atoms with E-state index in [0.717, 1.165) is 5.69 Å². The highest BCUT2D eigenvalue weighted by Crippen LogP contribution is 2.37. The number of carbonyl (C=O) groups excluding carboxylic acids is 1. The molecule has 0 aromatic heterocycles. The lowest BCUT2D eigenvalue weighted by Crippen LogP contribution is -2.54. The van der Waals surface area contributed by atoms with E-state index in [2.05, 4.69) is 4.90 Å². The maximum atomic E-state index is 15.0. The number of halogens is 1. The van der Waals surface area contributed by atoms with Gasteiger partial charge in [-0.2, -0.15) is 0 Å². The van der Waals surface area contributed by atoms with Gasteiger partial charge in [-0.05, 0) is 67.5 Å². The molecule has 0 bridgehead atoms. The first-order valence-corrected chi connectivity index (χ1v) is 10.6. The lowest BCUT2D eigenvalue weighted by atomic mass is 9.78. The molecule has 1 aromatic rings. The van der Waals surface area contributed by atoms with E-state index in [9.17, 15) is 4.79 Å². The monoisotopic (exact) mass is 420 g/mol. The summed E-state index contributed by atoms with van der Waals surface area (Å²) >= 11 is 0. The molecule has 0 spiro atoms. The van der Waals surface area contributed by atoms with Crippen molar-refractivity contribution in [2.24, 2.45) is 0 Å². The van der Waals surface area contributed by atoms with E-state index in [-0.39, 0.29) is 18.0 Å². The summed E-state index contributed by atoms with van der Waals surface area (Å²) in [5.41, 5.74) is -0.379. The van der Waals surface area contributed by atoms with Gasteiger partial charge in [0.15, 0.2) is 0 Å². The number of benzene rings is 1. The zero-order valence-corrected chi connectivity index (χ0v) is 19.4. The van der Waals surface area contributed by atoms with Crippen molar-refractivity contribution in [2.45, 2.75) is 78.2 Å². The van der Waals surface area contributed by atoms with E-state index in [4.69, 9.17) is 14.0 Å². The summed E-state index contributed by atoms with van der Waals surface area (Å²) in [7, 11) is -0.731. The first kappa shape index (κ1) is 22.9. The third kappa shape index (κ3) is 4.59. The molecule has 2 saturated heterocycles. The summed E-state index contributed by atoms with van der Waals surface area (Å²) in [6.07, 6.45) is -0.309. The van der Waals surface area contributed by atoms with Gasteiger partial charge in [0, 0.05) is 36.8 Å². The van der Waals surface area contributed by atoms with Gasteiger partial charge in [-0.15, -0.1) is 0 Å². The zero-order chi connectivity index (χ0) is 22.5. The van der Waals surface area contributed by atoms with E-state index < -0.39 is 23.9 Å². The Kier molecular flexibility index (Phi) is 5.88. The van der Waals surface area contributed by atoms with Crippen molar-refractivity contribution < 1.29 is 23.2 Å². The Morgan fingerprint density at radius 3 is 2.27 bits per heavy atom. The minimum Gasteiger partial charge on any atom is -0.444 e. The molecule has 0 saturated carbocycles. The Balaban J connectivity index is 1.70. The van der Waals surface area contributed by atoms with Gasteiger partial charge in [0.2, 0.25) is 0 Å². The fraction of sp³-hybridized carbons (Fsp3) is 0.682. The summed E-state index contributed by atoms with van der Waals surface area (Å²) in [4.78, 5) is 16.2. The average Bonchev–Trinajstić information content (AvgIpc) is 2.80. The third-order valence-corrected chi connectivity index (χ3v) is 6.10. The van der Waals surface area contributed by atoms with Crippen molar-refractivity contribution in [3.8, 4) is 0 Å². The van der Waals surface area contributed by atoms with E-state index >= 15 is 4.39 Å². The molecular formula is C22H34BFN2O4. The predicted molar refractivity (Wildman–Crippen MR) is 117 cm³/mol. The van der Waals surface area contributed by atoms with Gasteiger partial charge in [0.05, 0.1) is 11.2 Å². The molecule has 1 amide bonds. The number of amides is 1. The standard InChI is InChI=1S/C22H34BFN2O4/c1-15-14-25(19(27)28-20(2,3)4)11-12-26(15)16-9-10-17(18(24)13-16)23-29-21(5,6)22(7,8)30-23/h9-10,13,15H,11-12,14H2,1-8H3/t15-/m1/s1. The molecule has 30 heavy (non-hydrogen) atoms. The predicted octanol–water partition coefficient (Wildman–Crippen LogP) is 3.57. The molecule has 1 aromatic carbocycles. The number of anilines is 1. The summed E-state index contributed by atoms with van der Waals surface area (Å²) in [6.45, 7) is 17.0. The van der Waals surface area contributed by atoms with Gasteiger partial charge in [0.25, 0.3) is 0 Å². The van der Waals surface area contributed by atoms with E-state index in [1.165, 1.54) is 6.07 Å². The minimum atomic E-state index is -0.731. The zero-order valence-electron chi connectivity index (χ0n) is 19.4. The quantitative estimate of drug-likeness (QED) is 0.685. The summed E-state index contributed by atoms with van der Waals surface area (Å²) < 4.78 is 32.4. The molecule has 2 aliphatic heterocycles. The number of rotatable bonds is 2. The van der Waals surface area contributed by atoms with Crippen LogP contribution in [0.5, 0.6) is 0 Å². The fourth-order valence-electron chi connectivity index (χ4n) is 3.69. The summed E-state index contributed by atoms with van der Waals surface area (Å²) in [5, 5.41) is 0. The van der Waals surface area contributed by atoms with Crippen LogP contribution in [0.3, 0.4) is 0 Å². The van der Waals surface area contributed by atoms with Crippen molar-refractivity contribution in [3.63, 3.8) is 0 Å². The molecule has 0 N–H and O–H groups in total. The maximum absolute atomic E-state index is 15.0. The van der Waals surface area contributed by atoms with Crippen LogP contribution in [0.4, 0.5) is 14.9 Å². The first-order chi connectivity index (χ1) is 13.7. The largest absolute Gasteiger partial charge is 0.497 e. The van der Waals surface area contributed by atoms with Crippen LogP contribution >= 0.6 is 0 Å². The number of ether oxygens (including phenoxy) is 1. The SMILES string of the molecule is C[C@@H]1CN(C(=O)OC(C)(C)C)CCN1c1ccc(B2OC(C)(C)C(C)(C)O2)c(F)c1. The second-order valence-electron chi connectivity index (χ2n) is 10.3. The van der Waals surface area contributed by atoms with Gasteiger partial charge >= 0.3 is 13.2 Å². The Bertz CT molecular complexity index is 793. The van der Waals surface area contributed by atoms with Crippen molar-refractivity contribution >= 4 is 24.4 Å². The maximum Gasteiger partial charge on any atom is 0.497 e. The van der Waals surface area contributed by atoms with E-state index in [0.29, 0.717) is 25.1 Å². The van der Waals surface area contributed by atoms with E-state index in [1.807, 2.05) is 61.5 Å². The van der Waals surface area contributed by atoms with Gasteiger partial charge in [0.1, 0.15) is 11.4 Å². The molecule has 8 heteroatoms.